The minimum Gasteiger partial charge on any atom is -0.469 e. The Hall–Kier alpha value is -1.49. The molecule has 1 aromatic carbocycles. The first kappa shape index (κ1) is 13.0. The maximum atomic E-state index is 13.9. The van der Waals surface area contributed by atoms with Crippen LogP contribution in [0.15, 0.2) is 18.2 Å². The Labute approximate surface area is 104 Å². The SMILES string of the molecule is COC(=O)C1CNCC1(C)c1cc(F)ccc1F. The van der Waals surface area contributed by atoms with Crippen LogP contribution in [0, 0.1) is 17.6 Å². The maximum Gasteiger partial charge on any atom is 0.310 e. The Morgan fingerprint density at radius 1 is 1.50 bits per heavy atom. The summed E-state index contributed by atoms with van der Waals surface area (Å²) in [5.74, 6) is -1.94. The minimum atomic E-state index is -0.792. The van der Waals surface area contributed by atoms with Crippen molar-refractivity contribution in [2.24, 2.45) is 5.92 Å². The summed E-state index contributed by atoms with van der Waals surface area (Å²) in [5, 5.41) is 3.03. The highest BCUT2D eigenvalue weighted by molar-refractivity contribution is 5.75. The molecule has 0 aliphatic carbocycles. The molecule has 1 N–H and O–H groups in total. The molecule has 0 aromatic heterocycles. The van der Waals surface area contributed by atoms with E-state index in [2.05, 4.69) is 5.32 Å². The number of hydrogen-bond acceptors (Lipinski definition) is 3. The van der Waals surface area contributed by atoms with Crippen LogP contribution in [0.25, 0.3) is 0 Å². The molecule has 0 saturated carbocycles. The van der Waals surface area contributed by atoms with E-state index in [1.54, 1.807) is 6.92 Å². The van der Waals surface area contributed by atoms with Gasteiger partial charge in [0.25, 0.3) is 0 Å². The summed E-state index contributed by atoms with van der Waals surface area (Å²) in [6, 6.07) is 3.30. The predicted molar refractivity (Wildman–Crippen MR) is 62.1 cm³/mol. The Morgan fingerprint density at radius 2 is 2.22 bits per heavy atom. The quantitative estimate of drug-likeness (QED) is 0.816. The van der Waals surface area contributed by atoms with E-state index in [1.165, 1.54) is 7.11 Å². The Morgan fingerprint density at radius 3 is 2.89 bits per heavy atom. The molecule has 1 aromatic rings. The molecule has 1 fully saturated rings. The van der Waals surface area contributed by atoms with E-state index in [4.69, 9.17) is 4.74 Å². The molecule has 0 amide bonds. The van der Waals surface area contributed by atoms with Crippen molar-refractivity contribution >= 4 is 5.97 Å². The second-order valence-corrected chi connectivity index (χ2v) is 4.75. The van der Waals surface area contributed by atoms with Crippen molar-refractivity contribution < 1.29 is 18.3 Å². The van der Waals surface area contributed by atoms with E-state index in [9.17, 15) is 13.6 Å². The highest BCUT2D eigenvalue weighted by Crippen LogP contribution is 2.37. The van der Waals surface area contributed by atoms with E-state index in [0.717, 1.165) is 18.2 Å². The van der Waals surface area contributed by atoms with Crippen LogP contribution in [0.1, 0.15) is 12.5 Å². The summed E-state index contributed by atoms with van der Waals surface area (Å²) >= 11 is 0. The maximum absolute atomic E-state index is 13.9. The molecule has 5 heteroatoms. The van der Waals surface area contributed by atoms with Gasteiger partial charge in [0.05, 0.1) is 13.0 Å². The lowest BCUT2D eigenvalue weighted by Crippen LogP contribution is -2.37. The molecule has 3 nitrogen and oxygen atoms in total. The summed E-state index contributed by atoms with van der Waals surface area (Å²) in [6.07, 6.45) is 0. The third-order valence-electron chi connectivity index (χ3n) is 3.64. The number of nitrogens with one attached hydrogen (secondary N) is 1. The van der Waals surface area contributed by atoms with E-state index >= 15 is 0 Å². The molecule has 1 heterocycles. The number of ether oxygens (including phenoxy) is 1. The van der Waals surface area contributed by atoms with Crippen LogP contribution in [0.4, 0.5) is 8.78 Å². The zero-order valence-corrected chi connectivity index (χ0v) is 10.3. The average molecular weight is 255 g/mol. The fourth-order valence-electron chi connectivity index (χ4n) is 2.53. The topological polar surface area (TPSA) is 38.3 Å². The average Bonchev–Trinajstić information content (AvgIpc) is 2.74. The first-order valence-corrected chi connectivity index (χ1v) is 5.73. The molecule has 1 aliphatic rings. The molecule has 1 aliphatic heterocycles. The molecular formula is C13H15F2NO2. The van der Waals surface area contributed by atoms with Gasteiger partial charge in [-0.1, -0.05) is 6.92 Å². The Balaban J connectivity index is 2.46. The Bertz CT molecular complexity index is 478. The van der Waals surface area contributed by atoms with Gasteiger partial charge in [-0.2, -0.15) is 0 Å². The van der Waals surface area contributed by atoms with Crippen molar-refractivity contribution in [1.82, 2.24) is 5.32 Å². The van der Waals surface area contributed by atoms with Crippen molar-refractivity contribution in [2.75, 3.05) is 20.2 Å². The predicted octanol–water partition coefficient (Wildman–Crippen LogP) is 1.61. The molecule has 0 radical (unpaired) electrons. The van der Waals surface area contributed by atoms with Gasteiger partial charge in [0.2, 0.25) is 0 Å². The van der Waals surface area contributed by atoms with Crippen LogP contribution in [0.3, 0.4) is 0 Å². The Kier molecular flexibility index (Phi) is 3.34. The number of hydrogen-bond donors (Lipinski definition) is 1. The summed E-state index contributed by atoms with van der Waals surface area (Å²) in [5.41, 5.74) is -0.581. The lowest BCUT2D eigenvalue weighted by Gasteiger charge is -2.29. The van der Waals surface area contributed by atoms with Crippen molar-refractivity contribution in [3.05, 3.63) is 35.4 Å². The van der Waals surface area contributed by atoms with Crippen LogP contribution in [-0.4, -0.2) is 26.2 Å². The normalized spacial score (nSPS) is 27.2. The number of carbonyl (C=O) groups excluding carboxylic acids is 1. The van der Waals surface area contributed by atoms with Gasteiger partial charge in [-0.15, -0.1) is 0 Å². The number of esters is 1. The zero-order chi connectivity index (χ0) is 13.3. The van der Waals surface area contributed by atoms with Crippen LogP contribution < -0.4 is 5.32 Å². The molecule has 2 atom stereocenters. The fraction of sp³-hybridized carbons (Fsp3) is 0.462. The number of methoxy groups -OCH3 is 1. The lowest BCUT2D eigenvalue weighted by molar-refractivity contribution is -0.146. The van der Waals surface area contributed by atoms with Crippen molar-refractivity contribution in [1.29, 1.82) is 0 Å². The summed E-state index contributed by atoms with van der Waals surface area (Å²) in [6.45, 7) is 2.55. The fourth-order valence-corrected chi connectivity index (χ4v) is 2.53. The lowest BCUT2D eigenvalue weighted by atomic mass is 9.74. The van der Waals surface area contributed by atoms with Crippen LogP contribution in [0.2, 0.25) is 0 Å². The standard InChI is InChI=1S/C13H15F2NO2/c1-13(7-16-6-10(13)12(17)18-2)9-5-8(14)3-4-11(9)15/h3-5,10,16H,6-7H2,1-2H3. The smallest absolute Gasteiger partial charge is 0.310 e. The van der Waals surface area contributed by atoms with Gasteiger partial charge < -0.3 is 10.1 Å². The third-order valence-corrected chi connectivity index (χ3v) is 3.64. The van der Waals surface area contributed by atoms with Gasteiger partial charge in [-0.3, -0.25) is 4.79 Å². The van der Waals surface area contributed by atoms with E-state index in [1.807, 2.05) is 0 Å². The monoisotopic (exact) mass is 255 g/mol. The highest BCUT2D eigenvalue weighted by Gasteiger charge is 2.46. The van der Waals surface area contributed by atoms with Gasteiger partial charge in [-0.25, -0.2) is 8.78 Å². The van der Waals surface area contributed by atoms with E-state index in [0.29, 0.717) is 13.1 Å². The minimum absolute atomic E-state index is 0.211. The third kappa shape index (κ3) is 1.99. The molecule has 1 saturated heterocycles. The van der Waals surface area contributed by atoms with E-state index < -0.39 is 28.9 Å². The molecule has 0 bridgehead atoms. The largest absolute Gasteiger partial charge is 0.469 e. The first-order valence-electron chi connectivity index (χ1n) is 5.73. The molecule has 2 unspecified atom stereocenters. The summed E-state index contributed by atoms with van der Waals surface area (Å²) in [4.78, 5) is 11.7. The van der Waals surface area contributed by atoms with Crippen LogP contribution >= 0.6 is 0 Å². The van der Waals surface area contributed by atoms with Crippen molar-refractivity contribution in [3.63, 3.8) is 0 Å². The van der Waals surface area contributed by atoms with Gasteiger partial charge in [0.15, 0.2) is 0 Å². The highest BCUT2D eigenvalue weighted by atomic mass is 19.1. The molecule has 2 rings (SSSR count). The first-order chi connectivity index (χ1) is 8.49. The van der Waals surface area contributed by atoms with E-state index in [-0.39, 0.29) is 5.56 Å². The number of carbonyl (C=O) groups is 1. The molecular weight excluding hydrogens is 240 g/mol. The van der Waals surface area contributed by atoms with Crippen LogP contribution in [-0.2, 0) is 14.9 Å². The van der Waals surface area contributed by atoms with Gasteiger partial charge in [-0.05, 0) is 23.8 Å². The van der Waals surface area contributed by atoms with Crippen molar-refractivity contribution in [3.8, 4) is 0 Å². The number of rotatable bonds is 2. The second-order valence-electron chi connectivity index (χ2n) is 4.75. The van der Waals surface area contributed by atoms with Crippen molar-refractivity contribution in [2.45, 2.75) is 12.3 Å². The zero-order valence-electron chi connectivity index (χ0n) is 10.3. The van der Waals surface area contributed by atoms with Crippen LogP contribution in [0.5, 0.6) is 0 Å². The molecule has 18 heavy (non-hydrogen) atoms. The van der Waals surface area contributed by atoms with Gasteiger partial charge in [0, 0.05) is 18.5 Å². The number of halogens is 2. The van der Waals surface area contributed by atoms with Gasteiger partial charge >= 0.3 is 5.97 Å². The second kappa shape index (κ2) is 4.65. The number of benzene rings is 1. The molecule has 0 spiro atoms. The summed E-state index contributed by atoms with van der Waals surface area (Å²) in [7, 11) is 1.29. The van der Waals surface area contributed by atoms with Gasteiger partial charge in [0.1, 0.15) is 11.6 Å². The summed E-state index contributed by atoms with van der Waals surface area (Å²) < 4.78 is 31.9. The molecule has 98 valence electrons.